The van der Waals surface area contributed by atoms with Crippen molar-refractivity contribution in [2.24, 2.45) is 17.6 Å². The summed E-state index contributed by atoms with van der Waals surface area (Å²) in [6.07, 6.45) is 3.45. The van der Waals surface area contributed by atoms with Crippen molar-refractivity contribution in [3.05, 3.63) is 40.2 Å². The van der Waals surface area contributed by atoms with Gasteiger partial charge in [0.1, 0.15) is 22.8 Å². The summed E-state index contributed by atoms with van der Waals surface area (Å²) in [5.74, 6) is -6.31. The van der Waals surface area contributed by atoms with Crippen molar-refractivity contribution in [2.75, 3.05) is 32.1 Å². The second-order valence-corrected chi connectivity index (χ2v) is 10.5. The minimum atomic E-state index is -2.62. The van der Waals surface area contributed by atoms with Crippen LogP contribution in [0.5, 0.6) is 5.75 Å². The Morgan fingerprint density at radius 2 is 1.78 bits per heavy atom. The fourth-order valence-electron chi connectivity index (χ4n) is 6.60. The molecule has 3 aliphatic carbocycles. The Morgan fingerprint density at radius 1 is 1.11 bits per heavy atom. The molecule has 1 unspecified atom stereocenters. The van der Waals surface area contributed by atoms with Crippen molar-refractivity contribution < 1.29 is 34.8 Å². The van der Waals surface area contributed by atoms with Gasteiger partial charge in [0, 0.05) is 24.6 Å². The van der Waals surface area contributed by atoms with Crippen LogP contribution < -0.4 is 10.6 Å². The predicted octanol–water partition coefficient (Wildman–Crippen LogP) is 0.954. The molecule has 5 rings (SSSR count). The van der Waals surface area contributed by atoms with E-state index in [0.717, 1.165) is 32.4 Å². The summed E-state index contributed by atoms with van der Waals surface area (Å²) >= 11 is 0. The van der Waals surface area contributed by atoms with Crippen LogP contribution in [0, 0.1) is 11.8 Å². The van der Waals surface area contributed by atoms with E-state index in [4.69, 9.17) is 5.73 Å². The van der Waals surface area contributed by atoms with E-state index in [-0.39, 0.29) is 23.3 Å². The number of phenols is 1. The number of fused-ring (bicyclic) bond motifs is 3. The summed E-state index contributed by atoms with van der Waals surface area (Å²) in [4.78, 5) is 42.5. The number of phenolic OH excluding ortho intramolecular Hbond substituents is 1. The van der Waals surface area contributed by atoms with Crippen LogP contribution in [0.25, 0.3) is 5.76 Å². The molecule has 4 atom stereocenters. The van der Waals surface area contributed by atoms with E-state index in [1.54, 1.807) is 14.1 Å². The monoisotopic (exact) mass is 497 g/mol. The fraction of sp³-hybridized carbons (Fsp3) is 0.500. The molecule has 10 heteroatoms. The van der Waals surface area contributed by atoms with Crippen LogP contribution in [0.4, 0.5) is 5.69 Å². The van der Waals surface area contributed by atoms with Gasteiger partial charge in [-0.25, -0.2) is 0 Å². The molecule has 2 fully saturated rings. The predicted molar refractivity (Wildman–Crippen MR) is 130 cm³/mol. The molecule has 192 valence electrons. The molecule has 1 saturated carbocycles. The second kappa shape index (κ2) is 8.35. The molecule has 1 aromatic carbocycles. The topological polar surface area (TPSA) is 165 Å². The van der Waals surface area contributed by atoms with Crippen molar-refractivity contribution in [3.8, 4) is 5.75 Å². The zero-order chi connectivity index (χ0) is 26.1. The molecule has 6 N–H and O–H groups in total. The average Bonchev–Trinajstić information content (AvgIpc) is 2.81. The zero-order valence-electron chi connectivity index (χ0n) is 20.3. The largest absolute Gasteiger partial charge is 0.508 e. The molecule has 0 bridgehead atoms. The number of anilines is 1. The van der Waals surface area contributed by atoms with Crippen molar-refractivity contribution in [1.82, 2.24) is 4.90 Å². The number of hydrogen-bond donors (Lipinski definition) is 5. The maximum Gasteiger partial charge on any atom is 0.255 e. The number of carbonyl (C=O) groups is 3. The van der Waals surface area contributed by atoms with Crippen molar-refractivity contribution in [1.29, 1.82) is 0 Å². The molecule has 1 heterocycles. The van der Waals surface area contributed by atoms with Crippen LogP contribution in [0.15, 0.2) is 29.0 Å². The highest BCUT2D eigenvalue weighted by atomic mass is 16.3. The third-order valence-electron chi connectivity index (χ3n) is 8.27. The highest BCUT2D eigenvalue weighted by Crippen LogP contribution is 2.53. The molecule has 10 nitrogen and oxygen atoms in total. The van der Waals surface area contributed by atoms with Gasteiger partial charge in [-0.3, -0.25) is 19.3 Å². The molecule has 1 amide bonds. The van der Waals surface area contributed by atoms with Gasteiger partial charge in [0.25, 0.3) is 5.91 Å². The first-order valence-electron chi connectivity index (χ1n) is 12.2. The first-order chi connectivity index (χ1) is 17.0. The summed E-state index contributed by atoms with van der Waals surface area (Å²) in [7, 11) is 3.15. The molecule has 0 spiro atoms. The Labute approximate surface area is 208 Å². The van der Waals surface area contributed by atoms with Crippen LogP contribution in [-0.4, -0.2) is 81.6 Å². The number of hydrogen-bond acceptors (Lipinski definition) is 9. The standard InChI is InChI=1S/C26H31N3O7/c1-28(2)19-14-11-13-10-12-6-7-15(29-8-4-3-5-9-29)20(30)16(12)21(31)17(13)23(33)26(14,36)24(34)18(22(19)32)25(27)35/h6-7,13-14,19,30-31,34,36H,3-5,8-11H2,1-2H3,(H2,27,35)/t13-,14-,19?,26-/m1/s1. The van der Waals surface area contributed by atoms with Gasteiger partial charge in [0.15, 0.2) is 11.4 Å². The maximum absolute atomic E-state index is 13.9. The highest BCUT2D eigenvalue weighted by molar-refractivity contribution is 6.24. The smallest absolute Gasteiger partial charge is 0.255 e. The fourth-order valence-corrected chi connectivity index (χ4v) is 6.60. The SMILES string of the molecule is CN(C)C1C(=O)C(C(N)=O)=C(O)[C@]2(O)C(=O)C3=C(O)c4c(ccc(N5CCCCC5)c4O)C[C@@H]3C[C@H]12. The average molecular weight is 498 g/mol. The summed E-state index contributed by atoms with van der Waals surface area (Å²) in [5.41, 5.74) is 3.13. The summed E-state index contributed by atoms with van der Waals surface area (Å²) in [6.45, 7) is 1.53. The lowest BCUT2D eigenvalue weighted by Crippen LogP contribution is -2.65. The third kappa shape index (κ3) is 3.20. The number of primary amides is 1. The lowest BCUT2D eigenvalue weighted by molar-refractivity contribution is -0.153. The van der Waals surface area contributed by atoms with Crippen molar-refractivity contribution >= 4 is 28.9 Å². The second-order valence-electron chi connectivity index (χ2n) is 10.5. The van der Waals surface area contributed by atoms with Gasteiger partial charge in [0.05, 0.1) is 17.3 Å². The van der Waals surface area contributed by atoms with Crippen molar-refractivity contribution in [3.63, 3.8) is 0 Å². The number of rotatable bonds is 3. The Kier molecular flexibility index (Phi) is 5.64. The lowest BCUT2D eigenvalue weighted by Gasteiger charge is -2.50. The van der Waals surface area contributed by atoms with E-state index in [9.17, 15) is 34.8 Å². The summed E-state index contributed by atoms with van der Waals surface area (Å²) < 4.78 is 0. The zero-order valence-corrected chi connectivity index (χ0v) is 20.3. The summed E-state index contributed by atoms with van der Waals surface area (Å²) in [6, 6.07) is 2.56. The minimum absolute atomic E-state index is 0.0837. The molecular weight excluding hydrogens is 466 g/mol. The third-order valence-corrected chi connectivity index (χ3v) is 8.27. The van der Waals surface area contributed by atoms with E-state index in [1.807, 2.05) is 17.0 Å². The normalized spacial score (nSPS) is 30.3. The number of nitrogens with zero attached hydrogens (tertiary/aromatic N) is 2. The first kappa shape index (κ1) is 24.3. The first-order valence-corrected chi connectivity index (χ1v) is 12.2. The van der Waals surface area contributed by atoms with Gasteiger partial charge < -0.3 is 31.1 Å². The number of Topliss-reactive ketones (excluding diaryl/α,β-unsaturated/α-hetero) is 2. The van der Waals surface area contributed by atoms with Crippen LogP contribution in [0.2, 0.25) is 0 Å². The minimum Gasteiger partial charge on any atom is -0.508 e. The van der Waals surface area contributed by atoms with E-state index >= 15 is 0 Å². The van der Waals surface area contributed by atoms with Gasteiger partial charge in [-0.05, 0) is 63.7 Å². The van der Waals surface area contributed by atoms with Crippen molar-refractivity contribution in [2.45, 2.75) is 43.7 Å². The molecule has 0 radical (unpaired) electrons. The van der Waals surface area contributed by atoms with Crippen LogP contribution in [0.1, 0.15) is 36.8 Å². The molecule has 36 heavy (non-hydrogen) atoms. The number of amides is 1. The summed E-state index contributed by atoms with van der Waals surface area (Å²) in [5, 5.41) is 45.0. The molecule has 1 saturated heterocycles. The maximum atomic E-state index is 13.9. The van der Waals surface area contributed by atoms with Crippen LogP contribution >= 0.6 is 0 Å². The Morgan fingerprint density at radius 3 is 2.39 bits per heavy atom. The van der Waals surface area contributed by atoms with Gasteiger partial charge in [-0.2, -0.15) is 0 Å². The number of piperidine rings is 1. The quantitative estimate of drug-likeness (QED) is 0.382. The van der Waals surface area contributed by atoms with E-state index in [1.165, 1.54) is 4.90 Å². The van der Waals surface area contributed by atoms with Crippen LogP contribution in [-0.2, 0) is 20.8 Å². The van der Waals surface area contributed by atoms with Gasteiger partial charge >= 0.3 is 0 Å². The molecule has 1 aliphatic heterocycles. The number of aromatic hydroxyl groups is 1. The number of nitrogens with two attached hydrogens (primary N) is 1. The Hall–Kier alpha value is -3.37. The number of aliphatic hydroxyl groups excluding tert-OH is 2. The number of benzene rings is 1. The van der Waals surface area contributed by atoms with Gasteiger partial charge in [-0.15, -0.1) is 0 Å². The number of carbonyl (C=O) groups excluding carboxylic acids is 3. The molecule has 4 aliphatic rings. The Bertz CT molecular complexity index is 1240. The van der Waals surface area contributed by atoms with Gasteiger partial charge in [0.2, 0.25) is 5.78 Å². The molecule has 0 aromatic heterocycles. The Balaban J connectivity index is 1.67. The van der Waals surface area contributed by atoms with E-state index in [0.29, 0.717) is 17.7 Å². The number of ketones is 2. The number of likely N-dealkylation sites (N-methyl/N-ethyl adjacent to an activating group) is 1. The number of aliphatic hydroxyl groups is 3. The van der Waals surface area contributed by atoms with E-state index in [2.05, 4.69) is 0 Å². The molecular formula is C26H31N3O7. The molecule has 1 aromatic rings. The van der Waals surface area contributed by atoms with Crippen LogP contribution in [0.3, 0.4) is 0 Å². The highest BCUT2D eigenvalue weighted by Gasteiger charge is 2.64. The van der Waals surface area contributed by atoms with E-state index < -0.39 is 58.0 Å². The lowest BCUT2D eigenvalue weighted by atomic mass is 9.57. The van der Waals surface area contributed by atoms with Gasteiger partial charge in [-0.1, -0.05) is 6.07 Å².